The fourth-order valence-electron chi connectivity index (χ4n) is 5.32. The third kappa shape index (κ3) is 3.14. The largest absolute Gasteiger partial charge is 0.350 e. The van der Waals surface area contributed by atoms with Crippen molar-refractivity contribution in [3.05, 3.63) is 0 Å². The van der Waals surface area contributed by atoms with E-state index in [2.05, 4.69) is 5.32 Å². The molecule has 4 saturated carbocycles. The van der Waals surface area contributed by atoms with Gasteiger partial charge in [0.05, 0.1) is 0 Å². The van der Waals surface area contributed by atoms with Crippen molar-refractivity contribution in [1.82, 2.24) is 5.32 Å². The smallest absolute Gasteiger partial charge is 0.221 e. The van der Waals surface area contributed by atoms with E-state index in [-0.39, 0.29) is 23.9 Å². The number of halogens is 1. The maximum atomic E-state index is 12.3. The third-order valence-electron chi connectivity index (χ3n) is 5.69. The van der Waals surface area contributed by atoms with Crippen LogP contribution in [-0.2, 0) is 4.79 Å². The second-order valence-electron chi connectivity index (χ2n) is 8.23. The Labute approximate surface area is 128 Å². The molecule has 0 spiro atoms. The maximum absolute atomic E-state index is 12.3. The lowest BCUT2D eigenvalue weighted by atomic mass is 9.49. The molecule has 0 heterocycles. The zero-order chi connectivity index (χ0) is 13.7. The Bertz CT molecular complexity index is 345. The van der Waals surface area contributed by atoms with Crippen molar-refractivity contribution in [3.63, 3.8) is 0 Å². The first-order chi connectivity index (χ1) is 8.90. The van der Waals surface area contributed by atoms with Gasteiger partial charge in [-0.15, -0.1) is 12.4 Å². The first kappa shape index (κ1) is 16.1. The molecular weight excluding hydrogens is 272 g/mol. The van der Waals surface area contributed by atoms with Crippen LogP contribution in [0.5, 0.6) is 0 Å². The quantitative estimate of drug-likeness (QED) is 0.839. The van der Waals surface area contributed by atoms with E-state index in [1.165, 1.54) is 38.5 Å². The zero-order valence-corrected chi connectivity index (χ0v) is 13.6. The van der Waals surface area contributed by atoms with E-state index in [1.807, 2.05) is 13.8 Å². The van der Waals surface area contributed by atoms with Crippen molar-refractivity contribution in [2.24, 2.45) is 28.9 Å². The molecule has 3 nitrogen and oxygen atoms in total. The molecule has 0 aromatic rings. The van der Waals surface area contributed by atoms with E-state index < -0.39 is 0 Å². The molecule has 3 N–H and O–H groups in total. The Balaban J connectivity index is 0.00000147. The van der Waals surface area contributed by atoms with Crippen LogP contribution >= 0.6 is 12.4 Å². The minimum absolute atomic E-state index is 0. The molecule has 116 valence electrons. The van der Waals surface area contributed by atoms with Gasteiger partial charge in [0.2, 0.25) is 5.91 Å². The minimum Gasteiger partial charge on any atom is -0.350 e. The summed E-state index contributed by atoms with van der Waals surface area (Å²) in [6.45, 7) is 4.51. The summed E-state index contributed by atoms with van der Waals surface area (Å²) in [6.07, 6.45) is 8.96. The Kier molecular flexibility index (Phi) is 4.42. The predicted octanol–water partition coefficient (Wildman–Crippen LogP) is 2.87. The molecule has 0 saturated heterocycles. The van der Waals surface area contributed by atoms with Gasteiger partial charge < -0.3 is 11.1 Å². The topological polar surface area (TPSA) is 55.1 Å². The van der Waals surface area contributed by atoms with Gasteiger partial charge in [0.15, 0.2) is 0 Å². The maximum Gasteiger partial charge on any atom is 0.221 e. The van der Waals surface area contributed by atoms with Crippen molar-refractivity contribution >= 4 is 18.3 Å². The van der Waals surface area contributed by atoms with Gasteiger partial charge in [-0.05, 0) is 75.5 Å². The second-order valence-corrected chi connectivity index (χ2v) is 8.23. The molecule has 0 unspecified atom stereocenters. The minimum atomic E-state index is -0.265. The Morgan fingerprint density at radius 3 is 2.00 bits per heavy atom. The van der Waals surface area contributed by atoms with Crippen LogP contribution in [0.15, 0.2) is 0 Å². The fraction of sp³-hybridized carbons (Fsp3) is 0.938. The lowest BCUT2D eigenvalue weighted by Gasteiger charge is -2.56. The van der Waals surface area contributed by atoms with Crippen molar-refractivity contribution in [1.29, 1.82) is 0 Å². The third-order valence-corrected chi connectivity index (χ3v) is 5.69. The molecule has 0 radical (unpaired) electrons. The Morgan fingerprint density at radius 1 is 1.15 bits per heavy atom. The van der Waals surface area contributed by atoms with Gasteiger partial charge in [-0.25, -0.2) is 0 Å². The number of carbonyl (C=O) groups is 1. The molecule has 0 aromatic carbocycles. The highest BCUT2D eigenvalue weighted by atomic mass is 35.5. The molecule has 20 heavy (non-hydrogen) atoms. The summed E-state index contributed by atoms with van der Waals surface area (Å²) in [5.74, 6) is 2.97. The average molecular weight is 301 g/mol. The van der Waals surface area contributed by atoms with Gasteiger partial charge >= 0.3 is 0 Å². The lowest BCUT2D eigenvalue weighted by Crippen LogP contribution is -2.52. The molecule has 0 aromatic heterocycles. The van der Waals surface area contributed by atoms with Crippen molar-refractivity contribution in [2.45, 2.75) is 64.3 Å². The number of nitrogens with two attached hydrogens (primary N) is 1. The van der Waals surface area contributed by atoms with Crippen LogP contribution in [0, 0.1) is 23.2 Å². The molecule has 4 rings (SSSR count). The first-order valence-electron chi connectivity index (χ1n) is 7.91. The number of rotatable bonds is 4. The van der Waals surface area contributed by atoms with Gasteiger partial charge in [-0.3, -0.25) is 4.79 Å². The molecule has 0 atom stereocenters. The van der Waals surface area contributed by atoms with Crippen LogP contribution in [0.3, 0.4) is 0 Å². The normalized spacial score (nSPS) is 38.5. The van der Waals surface area contributed by atoms with Crippen LogP contribution < -0.4 is 11.1 Å². The standard InChI is InChI=1S/C16H28N2O.ClH/c1-15(2,10-17)18-14(19)9-16-6-11-3-12(7-16)5-13(4-11)8-16;/h11-13H,3-10,17H2,1-2H3,(H,18,19);1H. The fourth-order valence-corrected chi connectivity index (χ4v) is 5.32. The van der Waals surface area contributed by atoms with E-state index >= 15 is 0 Å². The second kappa shape index (κ2) is 5.49. The van der Waals surface area contributed by atoms with Crippen molar-refractivity contribution < 1.29 is 4.79 Å². The Hall–Kier alpha value is -0.280. The molecule has 4 bridgehead atoms. The summed E-state index contributed by atoms with van der Waals surface area (Å²) in [5, 5.41) is 3.12. The molecule has 4 heteroatoms. The number of hydrogen-bond donors (Lipinski definition) is 2. The van der Waals surface area contributed by atoms with Gasteiger partial charge in [0.25, 0.3) is 0 Å². The SMILES string of the molecule is CC(C)(CN)NC(=O)CC12CC3CC(CC(C3)C1)C2.Cl. The van der Waals surface area contributed by atoms with Crippen LogP contribution in [0.1, 0.15) is 58.8 Å². The number of carbonyl (C=O) groups excluding carboxylic acids is 1. The van der Waals surface area contributed by atoms with Crippen LogP contribution in [-0.4, -0.2) is 18.0 Å². The zero-order valence-electron chi connectivity index (χ0n) is 12.8. The molecule has 0 aliphatic heterocycles. The Morgan fingerprint density at radius 2 is 1.60 bits per heavy atom. The summed E-state index contributed by atoms with van der Waals surface area (Å²) in [5.41, 5.74) is 5.77. The number of hydrogen-bond acceptors (Lipinski definition) is 2. The monoisotopic (exact) mass is 300 g/mol. The van der Waals surface area contributed by atoms with Crippen LogP contribution in [0.2, 0.25) is 0 Å². The highest BCUT2D eigenvalue weighted by molar-refractivity contribution is 5.85. The van der Waals surface area contributed by atoms with E-state index in [9.17, 15) is 4.79 Å². The van der Waals surface area contributed by atoms with Crippen molar-refractivity contribution in [3.8, 4) is 0 Å². The van der Waals surface area contributed by atoms with Gasteiger partial charge in [-0.2, -0.15) is 0 Å². The average Bonchev–Trinajstić information content (AvgIpc) is 2.25. The lowest BCUT2D eigenvalue weighted by molar-refractivity contribution is -0.130. The van der Waals surface area contributed by atoms with Gasteiger partial charge in [-0.1, -0.05) is 0 Å². The summed E-state index contributed by atoms with van der Waals surface area (Å²) in [7, 11) is 0. The van der Waals surface area contributed by atoms with E-state index in [1.54, 1.807) is 0 Å². The highest BCUT2D eigenvalue weighted by Crippen LogP contribution is 2.61. The number of amides is 1. The van der Waals surface area contributed by atoms with E-state index in [0.29, 0.717) is 12.0 Å². The molecular formula is C16H29ClN2O. The summed E-state index contributed by atoms with van der Waals surface area (Å²) >= 11 is 0. The van der Waals surface area contributed by atoms with E-state index in [0.717, 1.165) is 24.2 Å². The predicted molar refractivity (Wildman–Crippen MR) is 83.7 cm³/mol. The van der Waals surface area contributed by atoms with Crippen LogP contribution in [0.4, 0.5) is 0 Å². The molecule has 1 amide bonds. The van der Waals surface area contributed by atoms with Gasteiger partial charge in [0, 0.05) is 18.5 Å². The van der Waals surface area contributed by atoms with E-state index in [4.69, 9.17) is 5.73 Å². The summed E-state index contributed by atoms with van der Waals surface area (Å²) in [6, 6.07) is 0. The molecule has 4 aliphatic carbocycles. The molecule has 4 aliphatic rings. The summed E-state index contributed by atoms with van der Waals surface area (Å²) in [4.78, 5) is 12.3. The van der Waals surface area contributed by atoms with Crippen LogP contribution in [0.25, 0.3) is 0 Å². The summed E-state index contributed by atoms with van der Waals surface area (Å²) < 4.78 is 0. The highest BCUT2D eigenvalue weighted by Gasteiger charge is 2.51. The van der Waals surface area contributed by atoms with Crippen molar-refractivity contribution in [2.75, 3.05) is 6.54 Å². The first-order valence-corrected chi connectivity index (χ1v) is 7.91. The van der Waals surface area contributed by atoms with Gasteiger partial charge in [0.1, 0.15) is 0 Å². The molecule has 4 fully saturated rings. The number of nitrogens with one attached hydrogen (secondary N) is 1.